The van der Waals surface area contributed by atoms with E-state index in [-0.39, 0.29) is 0 Å². The van der Waals surface area contributed by atoms with Gasteiger partial charge in [0.2, 0.25) is 0 Å². The monoisotopic (exact) mass is 347 g/mol. The second-order valence-corrected chi connectivity index (χ2v) is 7.29. The van der Waals surface area contributed by atoms with Gasteiger partial charge in [-0.25, -0.2) is 0 Å². The van der Waals surface area contributed by atoms with Gasteiger partial charge < -0.3 is 10.6 Å². The zero-order chi connectivity index (χ0) is 17.5. The fourth-order valence-corrected chi connectivity index (χ4v) is 3.42. The lowest BCUT2D eigenvalue weighted by Gasteiger charge is -2.18. The molecule has 2 aromatic heterocycles. The third-order valence-corrected chi connectivity index (χ3v) is 4.82. The van der Waals surface area contributed by atoms with Crippen LogP contribution in [0.4, 0.5) is 0 Å². The van der Waals surface area contributed by atoms with Crippen LogP contribution in [-0.2, 0) is 6.54 Å². The van der Waals surface area contributed by atoms with Crippen molar-refractivity contribution in [3.05, 3.63) is 39.8 Å². The van der Waals surface area contributed by atoms with Crippen molar-refractivity contribution in [2.24, 2.45) is 10.9 Å². The van der Waals surface area contributed by atoms with Crippen LogP contribution < -0.4 is 10.6 Å². The van der Waals surface area contributed by atoms with Crippen LogP contribution >= 0.6 is 11.3 Å². The van der Waals surface area contributed by atoms with Gasteiger partial charge in [0.05, 0.1) is 5.69 Å². The highest BCUT2D eigenvalue weighted by Crippen LogP contribution is 2.16. The molecule has 24 heavy (non-hydrogen) atoms. The van der Waals surface area contributed by atoms with Gasteiger partial charge in [0.1, 0.15) is 0 Å². The number of hydrogen-bond acceptors (Lipinski definition) is 3. The number of hydrogen-bond donors (Lipinski definition) is 2. The highest BCUT2D eigenvalue weighted by atomic mass is 32.1. The lowest BCUT2D eigenvalue weighted by molar-refractivity contribution is 0.435. The number of guanidine groups is 1. The number of aliphatic imine (C=N–C) groups is 1. The zero-order valence-electron chi connectivity index (χ0n) is 15.3. The van der Waals surface area contributed by atoms with Crippen molar-refractivity contribution in [2.75, 3.05) is 20.1 Å². The van der Waals surface area contributed by atoms with Gasteiger partial charge in [0, 0.05) is 32.4 Å². The molecule has 2 atom stereocenters. The van der Waals surface area contributed by atoms with Crippen LogP contribution in [0, 0.1) is 19.8 Å². The van der Waals surface area contributed by atoms with Crippen LogP contribution in [0.5, 0.6) is 0 Å². The standard InChI is InChI=1S/C18H29N5S/c1-13(11-23-16(4)8-15(3)22-23)9-20-18(19-5)21-10-14(2)17-6-7-24-12-17/h6-8,12-14H,9-11H2,1-5H3,(H2,19,20,21). The zero-order valence-corrected chi connectivity index (χ0v) is 16.2. The Kier molecular flexibility index (Phi) is 6.85. The number of nitrogens with one attached hydrogen (secondary N) is 2. The van der Waals surface area contributed by atoms with Crippen LogP contribution in [0.1, 0.15) is 36.7 Å². The molecule has 0 aliphatic heterocycles. The molecule has 5 nitrogen and oxygen atoms in total. The number of aryl methyl sites for hydroxylation is 2. The summed E-state index contributed by atoms with van der Waals surface area (Å²) in [5, 5.41) is 15.7. The molecule has 0 saturated carbocycles. The minimum atomic E-state index is 0.468. The van der Waals surface area contributed by atoms with Gasteiger partial charge in [-0.15, -0.1) is 0 Å². The fraction of sp³-hybridized carbons (Fsp3) is 0.556. The molecular formula is C18H29N5S. The third-order valence-electron chi connectivity index (χ3n) is 4.12. The van der Waals surface area contributed by atoms with Crippen molar-refractivity contribution in [3.8, 4) is 0 Å². The van der Waals surface area contributed by atoms with Crippen molar-refractivity contribution < 1.29 is 0 Å². The summed E-state index contributed by atoms with van der Waals surface area (Å²) in [4.78, 5) is 4.32. The molecule has 0 amide bonds. The quantitative estimate of drug-likeness (QED) is 0.597. The van der Waals surface area contributed by atoms with Crippen molar-refractivity contribution in [3.63, 3.8) is 0 Å². The van der Waals surface area contributed by atoms with Crippen molar-refractivity contribution >= 4 is 17.3 Å². The van der Waals surface area contributed by atoms with E-state index in [0.717, 1.165) is 31.3 Å². The molecule has 2 aromatic rings. The molecule has 0 radical (unpaired) electrons. The fourth-order valence-electron chi connectivity index (χ4n) is 2.63. The summed E-state index contributed by atoms with van der Waals surface area (Å²) < 4.78 is 2.08. The van der Waals surface area contributed by atoms with E-state index in [9.17, 15) is 0 Å². The van der Waals surface area contributed by atoms with Gasteiger partial charge in [-0.1, -0.05) is 13.8 Å². The summed E-state index contributed by atoms with van der Waals surface area (Å²) >= 11 is 1.74. The van der Waals surface area contributed by atoms with E-state index in [2.05, 4.69) is 69.1 Å². The predicted molar refractivity (Wildman–Crippen MR) is 103 cm³/mol. The van der Waals surface area contributed by atoms with Gasteiger partial charge in [-0.3, -0.25) is 9.67 Å². The molecular weight excluding hydrogens is 318 g/mol. The van der Waals surface area contributed by atoms with E-state index < -0.39 is 0 Å². The number of aromatic nitrogens is 2. The maximum atomic E-state index is 4.53. The number of rotatable bonds is 7. The summed E-state index contributed by atoms with van der Waals surface area (Å²) in [5.41, 5.74) is 3.67. The Bertz CT molecular complexity index is 644. The SMILES string of the molecule is CN=C(NCC(C)Cn1nc(C)cc1C)NCC(C)c1ccsc1. The highest BCUT2D eigenvalue weighted by Gasteiger charge is 2.10. The lowest BCUT2D eigenvalue weighted by Crippen LogP contribution is -2.41. The average Bonchev–Trinajstić information content (AvgIpc) is 3.17. The van der Waals surface area contributed by atoms with E-state index in [0.29, 0.717) is 11.8 Å². The molecule has 6 heteroatoms. The lowest BCUT2D eigenvalue weighted by atomic mass is 10.1. The van der Waals surface area contributed by atoms with Crippen molar-refractivity contribution in [2.45, 2.75) is 40.2 Å². The maximum Gasteiger partial charge on any atom is 0.191 e. The first-order valence-corrected chi connectivity index (χ1v) is 9.41. The molecule has 0 saturated heterocycles. The van der Waals surface area contributed by atoms with E-state index in [4.69, 9.17) is 0 Å². The Morgan fingerprint density at radius 3 is 2.62 bits per heavy atom. The first-order chi connectivity index (χ1) is 11.5. The normalized spacial score (nSPS) is 14.5. The first-order valence-electron chi connectivity index (χ1n) is 8.47. The van der Waals surface area contributed by atoms with Crippen molar-refractivity contribution in [1.29, 1.82) is 0 Å². The maximum absolute atomic E-state index is 4.53. The predicted octanol–water partition coefficient (Wildman–Crippen LogP) is 3.17. The topological polar surface area (TPSA) is 54.2 Å². The van der Waals surface area contributed by atoms with Gasteiger partial charge >= 0.3 is 0 Å². The first kappa shape index (κ1) is 18.5. The molecule has 2 N–H and O–H groups in total. The van der Waals surface area contributed by atoms with Crippen LogP contribution in [0.15, 0.2) is 27.9 Å². The van der Waals surface area contributed by atoms with Gasteiger partial charge in [-0.05, 0) is 54.1 Å². The summed E-state index contributed by atoms with van der Waals surface area (Å²) in [6.45, 7) is 11.2. The molecule has 2 unspecified atom stereocenters. The Balaban J connectivity index is 1.75. The molecule has 2 rings (SSSR count). The second kappa shape index (κ2) is 8.87. The Morgan fingerprint density at radius 2 is 2.04 bits per heavy atom. The summed E-state index contributed by atoms with van der Waals surface area (Å²) in [6.07, 6.45) is 0. The molecule has 132 valence electrons. The molecule has 0 aliphatic rings. The highest BCUT2D eigenvalue weighted by molar-refractivity contribution is 7.07. The molecule has 0 spiro atoms. The van der Waals surface area contributed by atoms with Crippen LogP contribution in [0.3, 0.4) is 0 Å². The Labute approximate surface area is 149 Å². The van der Waals surface area contributed by atoms with E-state index in [1.807, 2.05) is 14.0 Å². The minimum Gasteiger partial charge on any atom is -0.356 e. The summed E-state index contributed by atoms with van der Waals surface area (Å²) in [6, 6.07) is 4.30. The largest absolute Gasteiger partial charge is 0.356 e. The third kappa shape index (κ3) is 5.37. The van der Waals surface area contributed by atoms with E-state index in [1.54, 1.807) is 11.3 Å². The molecule has 0 bridgehead atoms. The van der Waals surface area contributed by atoms with Crippen LogP contribution in [0.25, 0.3) is 0 Å². The Morgan fingerprint density at radius 1 is 1.29 bits per heavy atom. The Hall–Kier alpha value is -1.82. The van der Waals surface area contributed by atoms with Gasteiger partial charge in [0.25, 0.3) is 0 Å². The van der Waals surface area contributed by atoms with Gasteiger partial charge in [-0.2, -0.15) is 16.4 Å². The summed E-state index contributed by atoms with van der Waals surface area (Å²) in [7, 11) is 1.82. The number of nitrogens with zero attached hydrogens (tertiary/aromatic N) is 3. The smallest absolute Gasteiger partial charge is 0.191 e. The van der Waals surface area contributed by atoms with E-state index in [1.165, 1.54) is 11.3 Å². The second-order valence-electron chi connectivity index (χ2n) is 6.51. The van der Waals surface area contributed by atoms with Gasteiger partial charge in [0.15, 0.2) is 5.96 Å². The van der Waals surface area contributed by atoms with E-state index >= 15 is 0 Å². The average molecular weight is 348 g/mol. The molecule has 2 heterocycles. The van der Waals surface area contributed by atoms with Crippen LogP contribution in [-0.4, -0.2) is 35.9 Å². The number of thiophene rings is 1. The summed E-state index contributed by atoms with van der Waals surface area (Å²) in [5.74, 6) is 1.80. The molecule has 0 fully saturated rings. The minimum absolute atomic E-state index is 0.468. The molecule has 0 aromatic carbocycles. The molecule has 0 aliphatic carbocycles. The van der Waals surface area contributed by atoms with Crippen LogP contribution in [0.2, 0.25) is 0 Å². The van der Waals surface area contributed by atoms with Crippen molar-refractivity contribution in [1.82, 2.24) is 20.4 Å².